The predicted octanol–water partition coefficient (Wildman–Crippen LogP) is 6.38. The average molecular weight is 365 g/mol. The minimum absolute atomic E-state index is 0.129. The minimum atomic E-state index is -0.129. The summed E-state index contributed by atoms with van der Waals surface area (Å²) in [5.41, 5.74) is 7.53. The van der Waals surface area contributed by atoms with Gasteiger partial charge in [0.25, 0.3) is 0 Å². The Morgan fingerprint density at radius 2 is 1.00 bits per heavy atom. The first kappa shape index (κ1) is 20.8. The lowest BCUT2D eigenvalue weighted by Crippen LogP contribution is -2.24. The van der Waals surface area contributed by atoms with Gasteiger partial charge >= 0.3 is 0 Å². The van der Waals surface area contributed by atoms with Crippen LogP contribution in [0.25, 0.3) is 0 Å². The van der Waals surface area contributed by atoms with Gasteiger partial charge in [0.2, 0.25) is 0 Å². The third-order valence-electron chi connectivity index (χ3n) is 5.00. The van der Waals surface area contributed by atoms with Crippen LogP contribution >= 0.6 is 0 Å². The van der Waals surface area contributed by atoms with Crippen molar-refractivity contribution in [3.63, 3.8) is 0 Å². The average Bonchev–Trinajstić information content (AvgIpc) is 2.56. The second-order valence-corrected chi connectivity index (χ2v) is 7.69. The van der Waals surface area contributed by atoms with E-state index in [1.165, 1.54) is 33.4 Å². The number of rotatable bonds is 8. The summed E-state index contributed by atoms with van der Waals surface area (Å²) in [6.45, 7) is 21.7. The first-order valence-corrected chi connectivity index (χ1v) is 9.43. The zero-order valence-corrected chi connectivity index (χ0v) is 17.6. The molecule has 0 saturated heterocycles. The Kier molecular flexibility index (Phi) is 6.54. The van der Waals surface area contributed by atoms with Gasteiger partial charge in [0, 0.05) is 5.41 Å². The molecule has 0 heterocycles. The molecule has 2 aromatic carbocycles. The Labute approximate surface area is 164 Å². The summed E-state index contributed by atoms with van der Waals surface area (Å²) in [7, 11) is 0. The molecule has 0 amide bonds. The molecule has 2 heteroatoms. The molecule has 2 rings (SSSR count). The highest BCUT2D eigenvalue weighted by Crippen LogP contribution is 2.41. The van der Waals surface area contributed by atoms with E-state index >= 15 is 0 Å². The SMILES string of the molecule is C=CCOc1cc(C)c(C(C)(C)c2c(C)cc(OCC=C)cc2C)c(C)c1. The number of hydrogen-bond acceptors (Lipinski definition) is 2. The zero-order chi connectivity index (χ0) is 20.2. The summed E-state index contributed by atoms with van der Waals surface area (Å²) in [4.78, 5) is 0. The Bertz CT molecular complexity index is 728. The van der Waals surface area contributed by atoms with E-state index in [4.69, 9.17) is 9.47 Å². The van der Waals surface area contributed by atoms with Crippen LogP contribution in [0.5, 0.6) is 11.5 Å². The van der Waals surface area contributed by atoms with Crippen LogP contribution in [0.1, 0.15) is 47.2 Å². The second kappa shape index (κ2) is 8.47. The Morgan fingerprint density at radius 3 is 1.26 bits per heavy atom. The molecule has 0 fully saturated rings. The molecule has 0 aliphatic carbocycles. The van der Waals surface area contributed by atoms with Gasteiger partial charge in [0.15, 0.2) is 0 Å². The molecule has 0 radical (unpaired) electrons. The molecule has 0 aromatic heterocycles. The summed E-state index contributed by atoms with van der Waals surface area (Å²) in [5.74, 6) is 1.79. The third kappa shape index (κ3) is 4.44. The molecule has 0 aliphatic rings. The van der Waals surface area contributed by atoms with E-state index in [1.54, 1.807) is 12.2 Å². The standard InChI is InChI=1S/C25H32O2/c1-9-11-26-21-13-17(3)23(18(4)14-21)25(7,8)24-19(5)15-22(16-20(24)6)27-12-10-2/h9-10,13-16H,1-2,11-12H2,3-8H3. The van der Waals surface area contributed by atoms with E-state index in [2.05, 4.69) is 79.0 Å². The molecule has 0 spiro atoms. The van der Waals surface area contributed by atoms with E-state index in [-0.39, 0.29) is 5.41 Å². The Morgan fingerprint density at radius 1 is 0.704 bits per heavy atom. The summed E-state index contributed by atoms with van der Waals surface area (Å²) >= 11 is 0. The van der Waals surface area contributed by atoms with Crippen molar-refractivity contribution in [1.82, 2.24) is 0 Å². The number of hydrogen-bond donors (Lipinski definition) is 0. The van der Waals surface area contributed by atoms with Gasteiger partial charge in [-0.15, -0.1) is 0 Å². The van der Waals surface area contributed by atoms with Crippen molar-refractivity contribution in [3.05, 3.63) is 83.0 Å². The summed E-state index contributed by atoms with van der Waals surface area (Å²) in [5, 5.41) is 0. The van der Waals surface area contributed by atoms with Crippen LogP contribution in [0.15, 0.2) is 49.6 Å². The van der Waals surface area contributed by atoms with Crippen molar-refractivity contribution < 1.29 is 9.47 Å². The van der Waals surface area contributed by atoms with Crippen LogP contribution in [-0.2, 0) is 5.41 Å². The highest BCUT2D eigenvalue weighted by Gasteiger charge is 2.30. The first-order chi connectivity index (χ1) is 12.7. The van der Waals surface area contributed by atoms with E-state index in [1.807, 2.05) is 0 Å². The molecule has 0 aliphatic heterocycles. The molecular weight excluding hydrogens is 332 g/mol. The molecule has 144 valence electrons. The lowest BCUT2D eigenvalue weighted by Gasteiger charge is -2.33. The predicted molar refractivity (Wildman–Crippen MR) is 115 cm³/mol. The fourth-order valence-corrected chi connectivity index (χ4v) is 4.42. The van der Waals surface area contributed by atoms with E-state index in [0.717, 1.165) is 11.5 Å². The van der Waals surface area contributed by atoms with E-state index < -0.39 is 0 Å². The number of ether oxygens (including phenoxy) is 2. The first-order valence-electron chi connectivity index (χ1n) is 9.43. The fourth-order valence-electron chi connectivity index (χ4n) is 4.42. The quantitative estimate of drug-likeness (QED) is 0.506. The van der Waals surface area contributed by atoms with Gasteiger partial charge in [-0.05, 0) is 85.3 Å². The van der Waals surface area contributed by atoms with Crippen molar-refractivity contribution in [1.29, 1.82) is 0 Å². The summed E-state index contributed by atoms with van der Waals surface area (Å²) < 4.78 is 11.5. The fraction of sp³-hybridized carbons (Fsp3) is 0.360. The molecular formula is C25H32O2. The van der Waals surface area contributed by atoms with Gasteiger partial charge in [-0.1, -0.05) is 39.2 Å². The number of aryl methyl sites for hydroxylation is 4. The largest absolute Gasteiger partial charge is 0.490 e. The van der Waals surface area contributed by atoms with Crippen molar-refractivity contribution in [2.75, 3.05) is 13.2 Å². The second-order valence-electron chi connectivity index (χ2n) is 7.69. The normalized spacial score (nSPS) is 11.2. The monoisotopic (exact) mass is 364 g/mol. The zero-order valence-electron chi connectivity index (χ0n) is 17.6. The highest BCUT2D eigenvalue weighted by molar-refractivity contribution is 5.54. The topological polar surface area (TPSA) is 18.5 Å². The van der Waals surface area contributed by atoms with Crippen LogP contribution in [0, 0.1) is 27.7 Å². The van der Waals surface area contributed by atoms with Gasteiger partial charge in [-0.2, -0.15) is 0 Å². The van der Waals surface area contributed by atoms with E-state index in [0.29, 0.717) is 13.2 Å². The van der Waals surface area contributed by atoms with Crippen molar-refractivity contribution in [2.45, 2.75) is 47.0 Å². The van der Waals surface area contributed by atoms with Gasteiger partial charge in [-0.25, -0.2) is 0 Å². The van der Waals surface area contributed by atoms with Gasteiger partial charge in [0.05, 0.1) is 0 Å². The van der Waals surface area contributed by atoms with Crippen molar-refractivity contribution >= 4 is 0 Å². The smallest absolute Gasteiger partial charge is 0.120 e. The van der Waals surface area contributed by atoms with Crippen molar-refractivity contribution in [2.24, 2.45) is 0 Å². The van der Waals surface area contributed by atoms with Gasteiger partial charge in [0.1, 0.15) is 24.7 Å². The molecule has 0 N–H and O–H groups in total. The van der Waals surface area contributed by atoms with E-state index in [9.17, 15) is 0 Å². The molecule has 0 atom stereocenters. The van der Waals surface area contributed by atoms with Crippen LogP contribution in [0.3, 0.4) is 0 Å². The summed E-state index contributed by atoms with van der Waals surface area (Å²) in [6, 6.07) is 8.50. The van der Waals surface area contributed by atoms with Crippen LogP contribution < -0.4 is 9.47 Å². The lowest BCUT2D eigenvalue weighted by molar-refractivity contribution is 0.362. The number of benzene rings is 2. The third-order valence-corrected chi connectivity index (χ3v) is 5.00. The Balaban J connectivity index is 2.52. The molecule has 27 heavy (non-hydrogen) atoms. The van der Waals surface area contributed by atoms with Gasteiger partial charge in [-0.3, -0.25) is 0 Å². The maximum Gasteiger partial charge on any atom is 0.120 e. The maximum absolute atomic E-state index is 5.75. The maximum atomic E-state index is 5.75. The van der Waals surface area contributed by atoms with Crippen LogP contribution in [0.4, 0.5) is 0 Å². The molecule has 2 aromatic rings. The molecule has 0 saturated carbocycles. The van der Waals surface area contributed by atoms with Gasteiger partial charge < -0.3 is 9.47 Å². The Hall–Kier alpha value is -2.48. The van der Waals surface area contributed by atoms with Crippen LogP contribution in [0.2, 0.25) is 0 Å². The van der Waals surface area contributed by atoms with Crippen molar-refractivity contribution in [3.8, 4) is 11.5 Å². The molecule has 0 unspecified atom stereocenters. The highest BCUT2D eigenvalue weighted by atomic mass is 16.5. The van der Waals surface area contributed by atoms with Crippen LogP contribution in [-0.4, -0.2) is 13.2 Å². The summed E-state index contributed by atoms with van der Waals surface area (Å²) in [6.07, 6.45) is 3.54. The lowest BCUT2D eigenvalue weighted by atomic mass is 9.71. The molecule has 0 bridgehead atoms. The minimum Gasteiger partial charge on any atom is -0.490 e. The molecule has 2 nitrogen and oxygen atoms in total.